The van der Waals surface area contributed by atoms with Crippen molar-refractivity contribution in [3.63, 3.8) is 0 Å². The molecular formula is C25H40N2O2. The van der Waals surface area contributed by atoms with Crippen LogP contribution in [0.15, 0.2) is 18.2 Å². The summed E-state index contributed by atoms with van der Waals surface area (Å²) in [5.74, 6) is 4.36. The van der Waals surface area contributed by atoms with Crippen LogP contribution in [0.25, 0.3) is 0 Å². The van der Waals surface area contributed by atoms with Crippen LogP contribution in [0, 0.1) is 17.8 Å². The lowest BCUT2D eigenvalue weighted by Gasteiger charge is -2.39. The molecular weight excluding hydrogens is 360 g/mol. The van der Waals surface area contributed by atoms with Crippen LogP contribution in [0.4, 0.5) is 0 Å². The zero-order valence-corrected chi connectivity index (χ0v) is 18.4. The molecule has 0 unspecified atom stereocenters. The predicted molar refractivity (Wildman–Crippen MR) is 118 cm³/mol. The van der Waals surface area contributed by atoms with Gasteiger partial charge in [0.05, 0.1) is 0 Å². The van der Waals surface area contributed by atoms with Gasteiger partial charge in [0.1, 0.15) is 0 Å². The Hall–Kier alpha value is -1.26. The van der Waals surface area contributed by atoms with Crippen molar-refractivity contribution >= 4 is 0 Å². The lowest BCUT2D eigenvalue weighted by molar-refractivity contribution is 0.106. The Kier molecular flexibility index (Phi) is 7.02. The average molecular weight is 401 g/mol. The average Bonchev–Trinajstić information content (AvgIpc) is 3.17. The van der Waals surface area contributed by atoms with Crippen LogP contribution in [-0.2, 0) is 6.54 Å². The summed E-state index contributed by atoms with van der Waals surface area (Å²) in [4.78, 5) is 2.73. The molecule has 2 saturated carbocycles. The van der Waals surface area contributed by atoms with Gasteiger partial charge in [-0.25, -0.2) is 0 Å². The van der Waals surface area contributed by atoms with Gasteiger partial charge in [0.15, 0.2) is 11.5 Å². The molecule has 4 rings (SSSR count). The zero-order chi connectivity index (χ0) is 20.2. The molecule has 1 aromatic rings. The number of nitrogens with two attached hydrogens (primary N) is 1. The van der Waals surface area contributed by atoms with Gasteiger partial charge in [-0.1, -0.05) is 19.9 Å². The van der Waals surface area contributed by atoms with Gasteiger partial charge >= 0.3 is 0 Å². The minimum Gasteiger partial charge on any atom is -0.454 e. The first-order valence-electron chi connectivity index (χ1n) is 11.9. The number of fused-ring (bicyclic) bond motifs is 1. The summed E-state index contributed by atoms with van der Waals surface area (Å²) < 4.78 is 11.1. The molecule has 0 aromatic heterocycles. The molecule has 0 saturated heterocycles. The molecule has 0 atom stereocenters. The topological polar surface area (TPSA) is 47.7 Å². The van der Waals surface area contributed by atoms with Crippen molar-refractivity contribution in [2.24, 2.45) is 23.5 Å². The van der Waals surface area contributed by atoms with E-state index < -0.39 is 0 Å². The predicted octanol–water partition coefficient (Wildman–Crippen LogP) is 5.34. The maximum Gasteiger partial charge on any atom is 0.231 e. The second kappa shape index (κ2) is 9.70. The fraction of sp³-hybridized carbons (Fsp3) is 0.760. The van der Waals surface area contributed by atoms with Gasteiger partial charge in [-0.2, -0.15) is 0 Å². The molecule has 1 aliphatic heterocycles. The van der Waals surface area contributed by atoms with Gasteiger partial charge in [0.25, 0.3) is 0 Å². The first-order chi connectivity index (χ1) is 14.1. The monoisotopic (exact) mass is 400 g/mol. The summed E-state index contributed by atoms with van der Waals surface area (Å²) in [5.41, 5.74) is 7.44. The standard InChI is InChI=1S/C25H40N2O2/c1-18(2)15-27(16-21-7-12-24-25(14-21)29-17-28-24)23-10-5-20(6-11-23)13-19-3-8-22(26)9-4-19/h7,12,14,18-20,22-23H,3-6,8-11,13,15-17,26H2,1-2H3. The first kappa shape index (κ1) is 21.0. The zero-order valence-electron chi connectivity index (χ0n) is 18.4. The Balaban J connectivity index is 1.31. The number of hydrogen-bond acceptors (Lipinski definition) is 4. The van der Waals surface area contributed by atoms with Crippen molar-refractivity contribution in [1.82, 2.24) is 4.90 Å². The lowest BCUT2D eigenvalue weighted by Crippen LogP contribution is -2.40. The Labute approximate surface area is 177 Å². The number of hydrogen-bond donors (Lipinski definition) is 1. The third-order valence-corrected chi connectivity index (χ3v) is 7.31. The maximum absolute atomic E-state index is 6.09. The van der Waals surface area contributed by atoms with Crippen LogP contribution in [0.5, 0.6) is 11.5 Å². The molecule has 2 aliphatic carbocycles. The molecule has 0 radical (unpaired) electrons. The van der Waals surface area contributed by atoms with E-state index in [1.165, 1.54) is 69.9 Å². The largest absolute Gasteiger partial charge is 0.454 e. The minimum absolute atomic E-state index is 0.353. The number of rotatable bonds is 7. The van der Waals surface area contributed by atoms with E-state index in [4.69, 9.17) is 15.2 Å². The van der Waals surface area contributed by atoms with Crippen LogP contribution >= 0.6 is 0 Å². The normalized spacial score (nSPS) is 29.6. The molecule has 0 bridgehead atoms. The number of benzene rings is 1. The number of ether oxygens (including phenoxy) is 2. The summed E-state index contributed by atoms with van der Waals surface area (Å²) in [6.45, 7) is 7.22. The van der Waals surface area contributed by atoms with Crippen LogP contribution in [-0.4, -0.2) is 30.3 Å². The second-order valence-electron chi connectivity index (χ2n) is 10.2. The maximum atomic E-state index is 6.09. The van der Waals surface area contributed by atoms with Crippen LogP contribution < -0.4 is 15.2 Å². The summed E-state index contributed by atoms with van der Waals surface area (Å²) in [7, 11) is 0. The second-order valence-corrected chi connectivity index (χ2v) is 10.2. The van der Waals surface area contributed by atoms with E-state index in [0.717, 1.165) is 35.9 Å². The van der Waals surface area contributed by atoms with Crippen molar-refractivity contribution in [2.75, 3.05) is 13.3 Å². The minimum atomic E-state index is 0.353. The van der Waals surface area contributed by atoms with Crippen molar-refractivity contribution in [1.29, 1.82) is 0 Å². The smallest absolute Gasteiger partial charge is 0.231 e. The number of nitrogens with zero attached hydrogens (tertiary/aromatic N) is 1. The van der Waals surface area contributed by atoms with Crippen LogP contribution in [0.2, 0.25) is 0 Å². The lowest BCUT2D eigenvalue weighted by atomic mass is 9.75. The van der Waals surface area contributed by atoms with Crippen LogP contribution in [0.1, 0.15) is 77.2 Å². The van der Waals surface area contributed by atoms with E-state index in [-0.39, 0.29) is 0 Å². The van der Waals surface area contributed by atoms with Gasteiger partial charge in [-0.3, -0.25) is 4.90 Å². The van der Waals surface area contributed by atoms with Gasteiger partial charge in [-0.05, 0) is 93.2 Å². The van der Waals surface area contributed by atoms with Gasteiger partial charge in [0, 0.05) is 25.2 Å². The molecule has 0 amide bonds. The molecule has 29 heavy (non-hydrogen) atoms. The third kappa shape index (κ3) is 5.67. The van der Waals surface area contributed by atoms with E-state index in [1.807, 2.05) is 0 Å². The first-order valence-corrected chi connectivity index (χ1v) is 11.9. The van der Waals surface area contributed by atoms with Gasteiger partial charge in [0.2, 0.25) is 6.79 Å². The summed E-state index contributed by atoms with van der Waals surface area (Å²) >= 11 is 0. The quantitative estimate of drug-likeness (QED) is 0.671. The highest BCUT2D eigenvalue weighted by molar-refractivity contribution is 5.44. The Morgan fingerprint density at radius 3 is 2.28 bits per heavy atom. The van der Waals surface area contributed by atoms with Crippen molar-refractivity contribution in [3.05, 3.63) is 23.8 Å². The highest BCUT2D eigenvalue weighted by Gasteiger charge is 2.29. The fourth-order valence-corrected chi connectivity index (χ4v) is 5.73. The summed E-state index contributed by atoms with van der Waals surface area (Å²) in [5, 5.41) is 0. The summed E-state index contributed by atoms with van der Waals surface area (Å²) in [6.07, 6.45) is 12.2. The molecule has 1 heterocycles. The van der Waals surface area contributed by atoms with Gasteiger partial charge < -0.3 is 15.2 Å². The molecule has 0 spiro atoms. The van der Waals surface area contributed by atoms with E-state index in [1.54, 1.807) is 0 Å². The Morgan fingerprint density at radius 2 is 1.59 bits per heavy atom. The Morgan fingerprint density at radius 1 is 0.931 bits per heavy atom. The third-order valence-electron chi connectivity index (χ3n) is 7.31. The van der Waals surface area contributed by atoms with E-state index in [9.17, 15) is 0 Å². The molecule has 1 aromatic carbocycles. The van der Waals surface area contributed by atoms with Crippen molar-refractivity contribution in [2.45, 2.75) is 90.3 Å². The molecule has 2 fully saturated rings. The molecule has 162 valence electrons. The van der Waals surface area contributed by atoms with E-state index in [2.05, 4.69) is 36.9 Å². The van der Waals surface area contributed by atoms with E-state index in [0.29, 0.717) is 18.8 Å². The molecule has 4 nitrogen and oxygen atoms in total. The molecule has 4 heteroatoms. The summed E-state index contributed by atoms with van der Waals surface area (Å²) in [6, 6.07) is 7.65. The van der Waals surface area contributed by atoms with Gasteiger partial charge in [-0.15, -0.1) is 0 Å². The SMILES string of the molecule is CC(C)CN(Cc1ccc2c(c1)OCO2)C1CCC(CC2CCC(N)CC2)CC1. The molecule has 2 N–H and O–H groups in total. The van der Waals surface area contributed by atoms with Crippen LogP contribution in [0.3, 0.4) is 0 Å². The van der Waals surface area contributed by atoms with Crippen molar-refractivity contribution < 1.29 is 9.47 Å². The molecule has 3 aliphatic rings. The Bertz CT molecular complexity index is 646. The fourth-order valence-electron chi connectivity index (χ4n) is 5.73. The highest BCUT2D eigenvalue weighted by Crippen LogP contribution is 2.37. The highest BCUT2D eigenvalue weighted by atomic mass is 16.7. The van der Waals surface area contributed by atoms with E-state index >= 15 is 0 Å². The van der Waals surface area contributed by atoms with Crippen molar-refractivity contribution in [3.8, 4) is 11.5 Å².